The third-order valence-corrected chi connectivity index (χ3v) is 5.92. The number of para-hydroxylation sites is 1. The summed E-state index contributed by atoms with van der Waals surface area (Å²) in [6.45, 7) is 2.57. The Morgan fingerprint density at radius 3 is 2.25 bits per heavy atom. The first-order valence-electron chi connectivity index (χ1n) is 11.4. The average molecular weight is 485 g/mol. The van der Waals surface area contributed by atoms with Gasteiger partial charge in [-0.1, -0.05) is 48.5 Å². The van der Waals surface area contributed by atoms with E-state index in [0.29, 0.717) is 12.1 Å². The van der Waals surface area contributed by atoms with Crippen LogP contribution in [0.5, 0.6) is 0 Å². The van der Waals surface area contributed by atoms with E-state index in [1.807, 2.05) is 36.4 Å². The first-order chi connectivity index (χ1) is 17.3. The molecule has 0 fully saturated rings. The Balaban J connectivity index is 1.41. The van der Waals surface area contributed by atoms with Crippen molar-refractivity contribution < 1.29 is 28.7 Å². The number of anilines is 1. The van der Waals surface area contributed by atoms with Crippen LogP contribution in [0.25, 0.3) is 0 Å². The van der Waals surface area contributed by atoms with E-state index in [2.05, 4.69) is 5.32 Å². The highest BCUT2D eigenvalue weighted by atomic mass is 16.5. The summed E-state index contributed by atoms with van der Waals surface area (Å²) >= 11 is 0. The highest BCUT2D eigenvalue weighted by Crippen LogP contribution is 2.31. The van der Waals surface area contributed by atoms with Crippen molar-refractivity contribution in [2.45, 2.75) is 26.3 Å². The van der Waals surface area contributed by atoms with Gasteiger partial charge in [0.15, 0.2) is 12.4 Å². The predicted molar refractivity (Wildman–Crippen MR) is 132 cm³/mol. The van der Waals surface area contributed by atoms with Crippen molar-refractivity contribution in [3.63, 3.8) is 0 Å². The van der Waals surface area contributed by atoms with Crippen LogP contribution in [0.15, 0.2) is 72.8 Å². The Labute approximate surface area is 207 Å². The van der Waals surface area contributed by atoms with Gasteiger partial charge in [0.05, 0.1) is 28.4 Å². The largest absolute Gasteiger partial charge is 0.452 e. The molecule has 0 bridgehead atoms. The highest BCUT2D eigenvalue weighted by Gasteiger charge is 2.37. The minimum atomic E-state index is -0.829. The van der Waals surface area contributed by atoms with Crippen LogP contribution in [-0.2, 0) is 20.7 Å². The molecular formula is C28H24N2O6. The molecule has 0 aromatic heterocycles. The number of Topliss-reactive ketones (excluding diaryl/α,β-unsaturated/α-hetero) is 1. The number of nitrogens with one attached hydrogen (secondary N) is 1. The number of benzene rings is 3. The highest BCUT2D eigenvalue weighted by molar-refractivity contribution is 6.35. The van der Waals surface area contributed by atoms with Crippen molar-refractivity contribution in [1.29, 1.82) is 0 Å². The molecule has 1 atom stereocenters. The number of rotatable bonds is 8. The third kappa shape index (κ3) is 5.07. The molecule has 0 unspecified atom stereocenters. The number of aryl methyl sites for hydroxylation is 1. The number of esters is 1. The normalized spacial score (nSPS) is 13.2. The zero-order valence-electron chi connectivity index (χ0n) is 19.8. The lowest BCUT2D eigenvalue weighted by Crippen LogP contribution is -2.43. The van der Waals surface area contributed by atoms with Gasteiger partial charge in [-0.25, -0.2) is 9.69 Å². The number of hydrogen-bond donors (Lipinski definition) is 1. The summed E-state index contributed by atoms with van der Waals surface area (Å²) in [5.41, 5.74) is 2.41. The molecule has 36 heavy (non-hydrogen) atoms. The molecular weight excluding hydrogens is 460 g/mol. The summed E-state index contributed by atoms with van der Waals surface area (Å²) in [7, 11) is 0. The van der Waals surface area contributed by atoms with Crippen molar-refractivity contribution in [2.24, 2.45) is 0 Å². The standard InChI is InChI=1S/C28H24N2O6/c1-17-8-6-7-11-24(17)30-26(33)21-13-12-20(15-22(21)27(30)34)28(35)36-16-25(32)29-23(18(2)31)14-19-9-4-3-5-10-19/h3-13,15,23H,14,16H2,1-2H3,(H,29,32)/t23-/m0/s1. The number of carbonyl (C=O) groups excluding carboxylic acids is 5. The number of amides is 3. The minimum absolute atomic E-state index is 0.0294. The van der Waals surface area contributed by atoms with Crippen LogP contribution in [0, 0.1) is 6.92 Å². The summed E-state index contributed by atoms with van der Waals surface area (Å²) in [5.74, 6) is -2.69. The summed E-state index contributed by atoms with van der Waals surface area (Å²) in [6, 6.07) is 19.6. The lowest BCUT2D eigenvalue weighted by atomic mass is 10.0. The van der Waals surface area contributed by atoms with Gasteiger partial charge < -0.3 is 10.1 Å². The molecule has 0 spiro atoms. The molecule has 8 heteroatoms. The molecule has 1 aliphatic rings. The Kier molecular flexibility index (Phi) is 7.05. The number of imide groups is 1. The van der Waals surface area contributed by atoms with Gasteiger partial charge in [0.25, 0.3) is 17.7 Å². The van der Waals surface area contributed by atoms with E-state index in [1.54, 1.807) is 25.1 Å². The van der Waals surface area contributed by atoms with Gasteiger partial charge in [-0.2, -0.15) is 0 Å². The fourth-order valence-electron chi connectivity index (χ4n) is 4.00. The maximum Gasteiger partial charge on any atom is 0.338 e. The van der Waals surface area contributed by atoms with Gasteiger partial charge in [0.2, 0.25) is 0 Å². The van der Waals surface area contributed by atoms with Gasteiger partial charge in [-0.05, 0) is 55.7 Å². The average Bonchev–Trinajstić information content (AvgIpc) is 3.12. The van der Waals surface area contributed by atoms with Gasteiger partial charge in [-0.15, -0.1) is 0 Å². The predicted octanol–water partition coefficient (Wildman–Crippen LogP) is 3.27. The second-order valence-electron chi connectivity index (χ2n) is 8.49. The monoisotopic (exact) mass is 484 g/mol. The van der Waals surface area contributed by atoms with E-state index in [9.17, 15) is 24.0 Å². The molecule has 3 amide bonds. The molecule has 0 saturated heterocycles. The number of nitrogens with zero attached hydrogens (tertiary/aromatic N) is 1. The van der Waals surface area contributed by atoms with Crippen LogP contribution in [0.3, 0.4) is 0 Å². The molecule has 0 radical (unpaired) electrons. The summed E-state index contributed by atoms with van der Waals surface area (Å²) in [4.78, 5) is 63.8. The molecule has 4 rings (SSSR count). The van der Waals surface area contributed by atoms with Gasteiger partial charge >= 0.3 is 5.97 Å². The quantitative estimate of drug-likeness (QED) is 0.388. The van der Waals surface area contributed by atoms with Crippen LogP contribution in [0.1, 0.15) is 49.1 Å². The van der Waals surface area contributed by atoms with Gasteiger partial charge in [-0.3, -0.25) is 19.2 Å². The maximum atomic E-state index is 13.0. The van der Waals surface area contributed by atoms with E-state index in [4.69, 9.17) is 4.74 Å². The number of carbonyl (C=O) groups is 5. The third-order valence-electron chi connectivity index (χ3n) is 5.92. The van der Waals surface area contributed by atoms with E-state index in [-0.39, 0.29) is 22.5 Å². The molecule has 3 aromatic carbocycles. The van der Waals surface area contributed by atoms with Crippen LogP contribution < -0.4 is 10.2 Å². The Morgan fingerprint density at radius 2 is 1.56 bits per heavy atom. The molecule has 182 valence electrons. The first kappa shape index (κ1) is 24.5. The smallest absolute Gasteiger partial charge is 0.338 e. The summed E-state index contributed by atoms with van der Waals surface area (Å²) in [6.07, 6.45) is 0.314. The fourth-order valence-corrected chi connectivity index (χ4v) is 4.00. The first-order valence-corrected chi connectivity index (χ1v) is 11.4. The van der Waals surface area contributed by atoms with Crippen LogP contribution >= 0.6 is 0 Å². The Hall–Kier alpha value is -4.59. The van der Waals surface area contributed by atoms with Gasteiger partial charge in [0.1, 0.15) is 0 Å². The van der Waals surface area contributed by atoms with Crippen molar-refractivity contribution in [3.05, 3.63) is 101 Å². The number of fused-ring (bicyclic) bond motifs is 1. The molecule has 0 saturated carbocycles. The number of ketones is 1. The Bertz CT molecular complexity index is 1370. The lowest BCUT2D eigenvalue weighted by Gasteiger charge is -2.16. The van der Waals surface area contributed by atoms with E-state index >= 15 is 0 Å². The summed E-state index contributed by atoms with van der Waals surface area (Å²) in [5, 5.41) is 2.58. The summed E-state index contributed by atoms with van der Waals surface area (Å²) < 4.78 is 5.10. The zero-order valence-corrected chi connectivity index (χ0v) is 19.8. The van der Waals surface area contributed by atoms with Crippen molar-refractivity contribution in [1.82, 2.24) is 5.32 Å². The zero-order chi connectivity index (χ0) is 25.8. The molecule has 3 aromatic rings. The second kappa shape index (κ2) is 10.4. The van der Waals surface area contributed by atoms with E-state index in [0.717, 1.165) is 16.0 Å². The van der Waals surface area contributed by atoms with Crippen LogP contribution in [-0.4, -0.2) is 42.1 Å². The van der Waals surface area contributed by atoms with Crippen LogP contribution in [0.4, 0.5) is 5.69 Å². The van der Waals surface area contributed by atoms with E-state index in [1.165, 1.54) is 25.1 Å². The molecule has 1 heterocycles. The van der Waals surface area contributed by atoms with Crippen molar-refractivity contribution >= 4 is 35.2 Å². The van der Waals surface area contributed by atoms with Crippen molar-refractivity contribution in [3.8, 4) is 0 Å². The minimum Gasteiger partial charge on any atom is -0.452 e. The maximum absolute atomic E-state index is 13.0. The van der Waals surface area contributed by atoms with E-state index < -0.39 is 36.3 Å². The second-order valence-corrected chi connectivity index (χ2v) is 8.49. The number of hydrogen-bond acceptors (Lipinski definition) is 6. The molecule has 1 aliphatic heterocycles. The Morgan fingerprint density at radius 1 is 0.889 bits per heavy atom. The fraction of sp³-hybridized carbons (Fsp3) is 0.179. The molecule has 1 N–H and O–H groups in total. The topological polar surface area (TPSA) is 110 Å². The lowest BCUT2D eigenvalue weighted by molar-refractivity contribution is -0.128. The molecule has 8 nitrogen and oxygen atoms in total. The molecule has 0 aliphatic carbocycles. The van der Waals surface area contributed by atoms with Crippen LogP contribution in [0.2, 0.25) is 0 Å². The van der Waals surface area contributed by atoms with Crippen molar-refractivity contribution in [2.75, 3.05) is 11.5 Å². The number of ether oxygens (including phenoxy) is 1. The SMILES string of the molecule is CC(=O)[C@H](Cc1ccccc1)NC(=O)COC(=O)c1ccc2c(c1)C(=O)N(c1ccccc1C)C2=O. The van der Waals surface area contributed by atoms with Gasteiger partial charge in [0, 0.05) is 0 Å².